The number of hydrogen-bond donors (Lipinski definition) is 2. The molecule has 150 valence electrons. The van der Waals surface area contributed by atoms with Gasteiger partial charge in [-0.15, -0.1) is 0 Å². The third kappa shape index (κ3) is 5.65. The van der Waals surface area contributed by atoms with Crippen molar-refractivity contribution in [2.45, 2.75) is 37.8 Å². The molecule has 10 heteroatoms. The molecule has 1 heterocycles. The van der Waals surface area contributed by atoms with Gasteiger partial charge in [-0.25, -0.2) is 13.2 Å². The van der Waals surface area contributed by atoms with Gasteiger partial charge in [-0.05, 0) is 45.0 Å². The Kier molecular flexibility index (Phi) is 7.21. The van der Waals surface area contributed by atoms with Gasteiger partial charge in [0.2, 0.25) is 15.9 Å². The second kappa shape index (κ2) is 9.01. The highest BCUT2D eigenvalue weighted by Gasteiger charge is 2.32. The smallest absolute Gasteiger partial charge is 0.321 e. The maximum Gasteiger partial charge on any atom is 0.321 e. The lowest BCUT2D eigenvalue weighted by molar-refractivity contribution is -0.125. The number of imide groups is 1. The Balaban J connectivity index is 1.93. The van der Waals surface area contributed by atoms with Crippen molar-refractivity contribution < 1.29 is 18.0 Å². The zero-order valence-corrected chi connectivity index (χ0v) is 17.2. The average molecular weight is 417 g/mol. The molecule has 2 rings (SSSR count). The number of carbonyl (C=O) groups is 2. The Bertz CT molecular complexity index is 775. The summed E-state index contributed by atoms with van der Waals surface area (Å²) in [4.78, 5) is 25.9. The number of urea groups is 1. The summed E-state index contributed by atoms with van der Waals surface area (Å²) in [7, 11) is -3.60. The summed E-state index contributed by atoms with van der Waals surface area (Å²) in [6.45, 7) is 6.62. The van der Waals surface area contributed by atoms with E-state index in [1.165, 1.54) is 16.4 Å². The molecule has 3 amide bonds. The van der Waals surface area contributed by atoms with Crippen molar-refractivity contribution in [3.05, 3.63) is 29.3 Å². The molecule has 8 nitrogen and oxygen atoms in total. The topological polar surface area (TPSA) is 98.8 Å². The number of carbonyl (C=O) groups excluding carboxylic acids is 2. The molecule has 0 aromatic heterocycles. The molecule has 1 saturated heterocycles. The molecular formula is C17H25ClN4O4S. The molecule has 1 atom stereocenters. The summed E-state index contributed by atoms with van der Waals surface area (Å²) in [6.07, 6.45) is 0. The first-order chi connectivity index (χ1) is 12.6. The highest BCUT2D eigenvalue weighted by Crippen LogP contribution is 2.20. The van der Waals surface area contributed by atoms with E-state index < -0.39 is 28.0 Å². The fourth-order valence-corrected chi connectivity index (χ4v) is 4.32. The van der Waals surface area contributed by atoms with E-state index in [0.29, 0.717) is 18.1 Å². The zero-order valence-electron chi connectivity index (χ0n) is 15.6. The minimum atomic E-state index is -3.60. The van der Waals surface area contributed by atoms with Crippen LogP contribution in [0.5, 0.6) is 0 Å². The third-order valence-electron chi connectivity index (χ3n) is 4.31. The Labute approximate surface area is 164 Å². The number of nitrogens with zero attached hydrogens (tertiary/aromatic N) is 2. The van der Waals surface area contributed by atoms with Gasteiger partial charge in [0, 0.05) is 37.2 Å². The lowest BCUT2D eigenvalue weighted by Gasteiger charge is -2.36. The van der Waals surface area contributed by atoms with Crippen LogP contribution in [-0.4, -0.2) is 67.8 Å². The summed E-state index contributed by atoms with van der Waals surface area (Å²) in [5.74, 6) is -0.415. The van der Waals surface area contributed by atoms with Crippen LogP contribution in [0.15, 0.2) is 29.2 Å². The van der Waals surface area contributed by atoms with Crippen molar-refractivity contribution in [3.63, 3.8) is 0 Å². The summed E-state index contributed by atoms with van der Waals surface area (Å²) < 4.78 is 26.8. The minimum Gasteiger partial charge on any atom is -0.336 e. The van der Waals surface area contributed by atoms with Gasteiger partial charge in [-0.2, -0.15) is 4.31 Å². The molecule has 0 aliphatic carbocycles. The van der Waals surface area contributed by atoms with E-state index in [1.807, 2.05) is 4.90 Å². The largest absolute Gasteiger partial charge is 0.336 e. The molecule has 1 aliphatic heterocycles. The second-order valence-corrected chi connectivity index (χ2v) is 9.06. The van der Waals surface area contributed by atoms with Crippen LogP contribution in [0.25, 0.3) is 0 Å². The fourth-order valence-electron chi connectivity index (χ4n) is 2.77. The number of halogens is 1. The van der Waals surface area contributed by atoms with Gasteiger partial charge in [-0.3, -0.25) is 15.0 Å². The summed E-state index contributed by atoms with van der Waals surface area (Å²) >= 11 is 5.81. The van der Waals surface area contributed by atoms with Crippen LogP contribution in [0.3, 0.4) is 0 Å². The fraction of sp³-hybridized carbons (Fsp3) is 0.529. The van der Waals surface area contributed by atoms with E-state index in [9.17, 15) is 18.0 Å². The van der Waals surface area contributed by atoms with Crippen molar-refractivity contribution >= 4 is 33.6 Å². The van der Waals surface area contributed by atoms with Crippen LogP contribution in [0.2, 0.25) is 5.02 Å². The van der Waals surface area contributed by atoms with Gasteiger partial charge in [0.1, 0.15) is 0 Å². The molecular weight excluding hydrogens is 392 g/mol. The van der Waals surface area contributed by atoms with Gasteiger partial charge < -0.3 is 5.32 Å². The Morgan fingerprint density at radius 2 is 1.59 bits per heavy atom. The van der Waals surface area contributed by atoms with Crippen molar-refractivity contribution in [2.75, 3.05) is 26.2 Å². The molecule has 0 unspecified atom stereocenters. The Hall–Kier alpha value is -1.68. The Morgan fingerprint density at radius 3 is 2.11 bits per heavy atom. The molecule has 2 N–H and O–H groups in total. The molecule has 1 aliphatic rings. The van der Waals surface area contributed by atoms with Crippen LogP contribution < -0.4 is 10.6 Å². The number of nitrogens with one attached hydrogen (secondary N) is 2. The monoisotopic (exact) mass is 416 g/mol. The number of hydrogen-bond acceptors (Lipinski definition) is 5. The summed E-state index contributed by atoms with van der Waals surface area (Å²) in [5, 5.41) is 5.37. The molecule has 1 aromatic rings. The van der Waals surface area contributed by atoms with Gasteiger partial charge in [0.05, 0.1) is 10.9 Å². The van der Waals surface area contributed by atoms with Crippen molar-refractivity contribution in [1.82, 2.24) is 19.8 Å². The highest BCUT2D eigenvalue weighted by atomic mass is 35.5. The molecule has 0 radical (unpaired) electrons. The van der Waals surface area contributed by atoms with Crippen LogP contribution >= 0.6 is 11.6 Å². The second-order valence-electron chi connectivity index (χ2n) is 6.69. The average Bonchev–Trinajstić information content (AvgIpc) is 2.60. The highest BCUT2D eigenvalue weighted by molar-refractivity contribution is 7.89. The number of rotatable bonds is 5. The first-order valence-corrected chi connectivity index (χ1v) is 10.5. The summed E-state index contributed by atoms with van der Waals surface area (Å²) in [5.41, 5.74) is 0. The molecule has 0 spiro atoms. The van der Waals surface area contributed by atoms with Crippen molar-refractivity contribution in [1.29, 1.82) is 0 Å². The molecule has 27 heavy (non-hydrogen) atoms. The number of amides is 3. The van der Waals surface area contributed by atoms with Crippen LogP contribution in [-0.2, 0) is 14.8 Å². The minimum absolute atomic E-state index is 0.0743. The first kappa shape index (κ1) is 21.6. The van der Waals surface area contributed by atoms with Gasteiger partial charge in [0.25, 0.3) is 0 Å². The number of piperazine rings is 1. The van der Waals surface area contributed by atoms with E-state index >= 15 is 0 Å². The standard InChI is InChI=1S/C17H25ClN4O4S/c1-12(2)19-17(24)20-16(23)13(3)21-8-10-22(11-9-21)27(25,26)15-6-4-14(18)5-7-15/h4-7,12-13H,8-11H2,1-3H3,(H2,19,20,23,24)/t13-/m0/s1. The van der Waals surface area contributed by atoms with E-state index in [4.69, 9.17) is 11.6 Å². The molecule has 0 bridgehead atoms. The predicted molar refractivity (Wildman–Crippen MR) is 103 cm³/mol. The van der Waals surface area contributed by atoms with Crippen LogP contribution in [0.1, 0.15) is 20.8 Å². The van der Waals surface area contributed by atoms with E-state index in [0.717, 1.165) is 0 Å². The SMILES string of the molecule is CC(C)NC(=O)NC(=O)[C@H](C)N1CCN(S(=O)(=O)c2ccc(Cl)cc2)CC1. The van der Waals surface area contributed by atoms with E-state index in [-0.39, 0.29) is 24.0 Å². The van der Waals surface area contributed by atoms with E-state index in [2.05, 4.69) is 10.6 Å². The maximum atomic E-state index is 12.7. The van der Waals surface area contributed by atoms with Crippen molar-refractivity contribution in [3.8, 4) is 0 Å². The van der Waals surface area contributed by atoms with Gasteiger partial charge in [-0.1, -0.05) is 11.6 Å². The van der Waals surface area contributed by atoms with Crippen LogP contribution in [0, 0.1) is 0 Å². The van der Waals surface area contributed by atoms with Crippen LogP contribution in [0.4, 0.5) is 4.79 Å². The Morgan fingerprint density at radius 1 is 1.04 bits per heavy atom. The predicted octanol–water partition coefficient (Wildman–Crippen LogP) is 1.27. The van der Waals surface area contributed by atoms with Gasteiger partial charge in [0.15, 0.2) is 0 Å². The lowest BCUT2D eigenvalue weighted by atomic mass is 10.2. The van der Waals surface area contributed by atoms with E-state index in [1.54, 1.807) is 32.9 Å². The maximum absolute atomic E-state index is 12.7. The van der Waals surface area contributed by atoms with Gasteiger partial charge >= 0.3 is 6.03 Å². The lowest BCUT2D eigenvalue weighted by Crippen LogP contribution is -2.56. The summed E-state index contributed by atoms with van der Waals surface area (Å²) in [6, 6.07) is 4.89. The first-order valence-electron chi connectivity index (χ1n) is 8.72. The molecule has 1 fully saturated rings. The normalized spacial score (nSPS) is 17.5. The number of benzene rings is 1. The molecule has 0 saturated carbocycles. The van der Waals surface area contributed by atoms with Crippen molar-refractivity contribution in [2.24, 2.45) is 0 Å². The third-order valence-corrected chi connectivity index (χ3v) is 6.47. The molecule has 1 aromatic carbocycles. The zero-order chi connectivity index (χ0) is 20.2. The quantitative estimate of drug-likeness (QED) is 0.753. The number of sulfonamides is 1.